The van der Waals surface area contributed by atoms with E-state index in [1.54, 1.807) is 0 Å². The number of unbranched alkanes of at least 4 members (excludes halogenated alkanes) is 2. The van der Waals surface area contributed by atoms with Crippen molar-refractivity contribution in [2.75, 3.05) is 26.7 Å². The van der Waals surface area contributed by atoms with Gasteiger partial charge in [-0.3, -0.25) is 8.78 Å². The SMILES string of the molecule is FCCCCC(CF)OC(CF)CCCCF. The lowest BCUT2D eigenvalue weighted by molar-refractivity contribution is -0.0431. The average Bonchev–Trinajstić information content (AvgIpc) is 2.36. The number of rotatable bonds is 12. The summed E-state index contributed by atoms with van der Waals surface area (Å²) >= 11 is 0. The first kappa shape index (κ1) is 16.7. The Hall–Kier alpha value is -0.320. The summed E-state index contributed by atoms with van der Waals surface area (Å²) in [5, 5.41) is 0. The van der Waals surface area contributed by atoms with Gasteiger partial charge in [0.05, 0.1) is 25.6 Å². The molecule has 0 amide bonds. The third-order valence-corrected chi connectivity index (χ3v) is 2.55. The molecule has 0 bridgehead atoms. The highest BCUT2D eigenvalue weighted by atomic mass is 19.1. The summed E-state index contributed by atoms with van der Waals surface area (Å²) in [5.74, 6) is 0. The molecule has 0 rings (SSSR count). The number of hydrogen-bond donors (Lipinski definition) is 0. The maximum Gasteiger partial charge on any atom is 0.116 e. The highest BCUT2D eigenvalue weighted by Gasteiger charge is 2.16. The van der Waals surface area contributed by atoms with Gasteiger partial charge in [-0.2, -0.15) is 0 Å². The van der Waals surface area contributed by atoms with Crippen molar-refractivity contribution in [1.82, 2.24) is 0 Å². The molecule has 0 fully saturated rings. The second-order valence-electron chi connectivity index (χ2n) is 4.06. The van der Waals surface area contributed by atoms with Gasteiger partial charge in [0.1, 0.15) is 13.3 Å². The van der Waals surface area contributed by atoms with Crippen LogP contribution in [0, 0.1) is 0 Å². The van der Waals surface area contributed by atoms with Crippen molar-refractivity contribution in [3.63, 3.8) is 0 Å². The van der Waals surface area contributed by atoms with Crippen molar-refractivity contribution in [2.24, 2.45) is 0 Å². The molecule has 0 aliphatic carbocycles. The molecular weight excluding hydrogens is 236 g/mol. The van der Waals surface area contributed by atoms with E-state index in [2.05, 4.69) is 0 Å². The van der Waals surface area contributed by atoms with Gasteiger partial charge in [-0.05, 0) is 38.5 Å². The maximum absolute atomic E-state index is 12.6. The predicted molar refractivity (Wildman–Crippen MR) is 60.3 cm³/mol. The topological polar surface area (TPSA) is 9.23 Å². The molecule has 0 N–H and O–H groups in total. The Labute approximate surface area is 101 Å². The first-order valence-electron chi connectivity index (χ1n) is 6.17. The molecule has 0 aliphatic rings. The van der Waals surface area contributed by atoms with Crippen LogP contribution in [0.4, 0.5) is 17.6 Å². The third kappa shape index (κ3) is 9.39. The summed E-state index contributed by atoms with van der Waals surface area (Å²) in [6.07, 6.45) is 1.31. The van der Waals surface area contributed by atoms with Crippen molar-refractivity contribution in [3.05, 3.63) is 0 Å². The van der Waals surface area contributed by atoms with E-state index >= 15 is 0 Å². The van der Waals surface area contributed by atoms with Crippen LogP contribution in [-0.4, -0.2) is 38.9 Å². The molecule has 0 saturated heterocycles. The minimum Gasteiger partial charge on any atom is -0.370 e. The molecule has 2 atom stereocenters. The van der Waals surface area contributed by atoms with E-state index in [1.165, 1.54) is 0 Å². The molecule has 0 aromatic carbocycles. The van der Waals surface area contributed by atoms with Gasteiger partial charge in [-0.15, -0.1) is 0 Å². The molecule has 0 heterocycles. The summed E-state index contributed by atoms with van der Waals surface area (Å²) < 4.78 is 54.1. The Morgan fingerprint density at radius 2 is 1.06 bits per heavy atom. The van der Waals surface area contributed by atoms with E-state index in [9.17, 15) is 17.6 Å². The fraction of sp³-hybridized carbons (Fsp3) is 1.00. The van der Waals surface area contributed by atoms with Crippen molar-refractivity contribution in [3.8, 4) is 0 Å². The van der Waals surface area contributed by atoms with E-state index in [4.69, 9.17) is 4.74 Å². The average molecular weight is 258 g/mol. The first-order chi connectivity index (χ1) is 8.28. The number of halogens is 4. The zero-order chi connectivity index (χ0) is 12.9. The lowest BCUT2D eigenvalue weighted by atomic mass is 10.1. The summed E-state index contributed by atoms with van der Waals surface area (Å²) in [7, 11) is 0. The third-order valence-electron chi connectivity index (χ3n) is 2.55. The van der Waals surface area contributed by atoms with E-state index < -0.39 is 38.9 Å². The highest BCUT2D eigenvalue weighted by Crippen LogP contribution is 2.13. The highest BCUT2D eigenvalue weighted by molar-refractivity contribution is 4.63. The van der Waals surface area contributed by atoms with E-state index in [1.807, 2.05) is 0 Å². The zero-order valence-electron chi connectivity index (χ0n) is 10.1. The van der Waals surface area contributed by atoms with Crippen LogP contribution >= 0.6 is 0 Å². The molecule has 0 radical (unpaired) electrons. The van der Waals surface area contributed by atoms with Crippen LogP contribution in [0.25, 0.3) is 0 Å². The second kappa shape index (κ2) is 12.1. The molecule has 1 nitrogen and oxygen atoms in total. The lowest BCUT2D eigenvalue weighted by Gasteiger charge is -2.21. The van der Waals surface area contributed by atoms with Gasteiger partial charge in [0.15, 0.2) is 0 Å². The van der Waals surface area contributed by atoms with Crippen LogP contribution < -0.4 is 0 Å². The van der Waals surface area contributed by atoms with Crippen LogP contribution in [0.5, 0.6) is 0 Å². The number of hydrogen-bond acceptors (Lipinski definition) is 1. The normalized spacial score (nSPS) is 14.8. The molecular formula is C12H22F4O. The van der Waals surface area contributed by atoms with E-state index in [0.29, 0.717) is 38.5 Å². The van der Waals surface area contributed by atoms with Crippen molar-refractivity contribution in [1.29, 1.82) is 0 Å². The van der Waals surface area contributed by atoms with Crippen LogP contribution in [0.2, 0.25) is 0 Å². The molecule has 0 aromatic rings. The molecule has 0 aromatic heterocycles. The molecule has 0 saturated carbocycles. The summed E-state index contributed by atoms with van der Waals surface area (Å²) in [5.41, 5.74) is 0. The summed E-state index contributed by atoms with van der Waals surface area (Å²) in [4.78, 5) is 0. The Morgan fingerprint density at radius 3 is 1.35 bits per heavy atom. The van der Waals surface area contributed by atoms with Gasteiger partial charge in [-0.25, -0.2) is 8.78 Å². The maximum atomic E-state index is 12.6. The summed E-state index contributed by atoms with van der Waals surface area (Å²) in [6, 6.07) is 0. The lowest BCUT2D eigenvalue weighted by Crippen LogP contribution is -2.25. The Morgan fingerprint density at radius 1 is 0.647 bits per heavy atom. The van der Waals surface area contributed by atoms with Crippen molar-refractivity contribution < 1.29 is 22.3 Å². The number of ether oxygens (including phenoxy) is 1. The van der Waals surface area contributed by atoms with Gasteiger partial charge < -0.3 is 4.74 Å². The smallest absolute Gasteiger partial charge is 0.116 e. The van der Waals surface area contributed by atoms with Gasteiger partial charge >= 0.3 is 0 Å². The van der Waals surface area contributed by atoms with Crippen molar-refractivity contribution >= 4 is 0 Å². The quantitative estimate of drug-likeness (QED) is 0.380. The fourth-order valence-electron chi connectivity index (χ4n) is 1.57. The second-order valence-corrected chi connectivity index (χ2v) is 4.06. The van der Waals surface area contributed by atoms with Gasteiger partial charge in [0.2, 0.25) is 0 Å². The molecule has 104 valence electrons. The van der Waals surface area contributed by atoms with Crippen LogP contribution in [0.15, 0.2) is 0 Å². The Balaban J connectivity index is 3.77. The van der Waals surface area contributed by atoms with Crippen LogP contribution in [0.1, 0.15) is 38.5 Å². The largest absolute Gasteiger partial charge is 0.370 e. The minimum absolute atomic E-state index is 0.377. The summed E-state index contributed by atoms with van der Waals surface area (Å²) in [6.45, 7) is -2.23. The molecule has 2 unspecified atom stereocenters. The minimum atomic E-state index is -0.689. The van der Waals surface area contributed by atoms with Gasteiger partial charge in [0, 0.05) is 0 Å². The molecule has 0 aliphatic heterocycles. The predicted octanol–water partition coefficient (Wildman–Crippen LogP) is 3.96. The van der Waals surface area contributed by atoms with Gasteiger partial charge in [-0.1, -0.05) is 0 Å². The Bertz CT molecular complexity index is 141. The first-order valence-corrected chi connectivity index (χ1v) is 6.17. The molecule has 0 spiro atoms. The van der Waals surface area contributed by atoms with Crippen molar-refractivity contribution in [2.45, 2.75) is 50.7 Å². The fourth-order valence-corrected chi connectivity index (χ4v) is 1.57. The number of alkyl halides is 4. The van der Waals surface area contributed by atoms with E-state index in [-0.39, 0.29) is 0 Å². The molecule has 5 heteroatoms. The zero-order valence-corrected chi connectivity index (χ0v) is 10.1. The monoisotopic (exact) mass is 258 g/mol. The van der Waals surface area contributed by atoms with Crippen LogP contribution in [-0.2, 0) is 4.74 Å². The molecule has 17 heavy (non-hydrogen) atoms. The standard InChI is InChI=1S/C12H22F4O/c13-7-3-1-5-11(9-15)17-12(10-16)6-2-4-8-14/h11-12H,1-10H2. The Kier molecular flexibility index (Phi) is 11.9. The van der Waals surface area contributed by atoms with Crippen LogP contribution in [0.3, 0.4) is 0 Å². The van der Waals surface area contributed by atoms with E-state index in [0.717, 1.165) is 0 Å². The van der Waals surface area contributed by atoms with Gasteiger partial charge in [0.25, 0.3) is 0 Å².